The second kappa shape index (κ2) is 5.76. The third-order valence-corrected chi connectivity index (χ3v) is 12.0. The van der Waals surface area contributed by atoms with Gasteiger partial charge in [-0.1, -0.05) is 84.6 Å². The van der Waals surface area contributed by atoms with E-state index in [0.29, 0.717) is 11.8 Å². The molecule has 0 spiro atoms. The van der Waals surface area contributed by atoms with Gasteiger partial charge in [0.2, 0.25) is 0 Å². The van der Waals surface area contributed by atoms with Crippen LogP contribution in [0.1, 0.15) is 55.4 Å². The summed E-state index contributed by atoms with van der Waals surface area (Å²) >= 11 is 0. The lowest BCUT2D eigenvalue weighted by Crippen LogP contribution is -2.40. The van der Waals surface area contributed by atoms with Gasteiger partial charge >= 0.3 is 0 Å². The van der Waals surface area contributed by atoms with Gasteiger partial charge in [0.1, 0.15) is 8.07 Å². The summed E-state index contributed by atoms with van der Waals surface area (Å²) in [5.74, 6) is 1.27. The Morgan fingerprint density at radius 1 is 0.762 bits per heavy atom. The van der Waals surface area contributed by atoms with E-state index in [4.69, 9.17) is 0 Å². The molecule has 0 fully saturated rings. The van der Waals surface area contributed by atoms with Gasteiger partial charge in [-0.2, -0.15) is 0 Å². The molecule has 0 radical (unpaired) electrons. The van der Waals surface area contributed by atoms with Gasteiger partial charge in [-0.05, 0) is 39.5 Å². The first-order chi connectivity index (χ1) is 9.80. The average Bonchev–Trinajstić information content (AvgIpc) is 2.83. The van der Waals surface area contributed by atoms with Gasteiger partial charge in [0.05, 0.1) is 0 Å². The summed E-state index contributed by atoms with van der Waals surface area (Å²) in [7, 11) is -1.59. The van der Waals surface area contributed by atoms with Gasteiger partial charge in [-0.25, -0.2) is 0 Å². The lowest BCUT2D eigenvalue weighted by molar-refractivity contribution is 0.875. The molecule has 2 aliphatic rings. The van der Waals surface area contributed by atoms with Gasteiger partial charge in [-0.3, -0.25) is 0 Å². The molecule has 0 bridgehead atoms. The lowest BCUT2D eigenvalue weighted by atomic mass is 10.1. The SMILES string of the molecule is CC[Si](CC)(C1=C(C)C(C)C=C1C)C1=C(C)C(C)C=C1C. The molecule has 2 unspecified atom stereocenters. The van der Waals surface area contributed by atoms with Crippen molar-refractivity contribution >= 4 is 8.07 Å². The highest BCUT2D eigenvalue weighted by Crippen LogP contribution is 2.48. The Bertz CT molecular complexity index is 517. The summed E-state index contributed by atoms with van der Waals surface area (Å²) in [6, 6.07) is 2.66. The Morgan fingerprint density at radius 2 is 1.10 bits per heavy atom. The highest BCUT2D eigenvalue weighted by atomic mass is 28.3. The molecule has 1 heteroatoms. The molecule has 0 saturated carbocycles. The zero-order valence-electron chi connectivity index (χ0n) is 15.2. The van der Waals surface area contributed by atoms with E-state index in [0.717, 1.165) is 0 Å². The van der Waals surface area contributed by atoms with Crippen LogP contribution in [0.25, 0.3) is 0 Å². The van der Waals surface area contributed by atoms with Crippen molar-refractivity contribution in [3.63, 3.8) is 0 Å². The average molecular weight is 301 g/mol. The lowest BCUT2D eigenvalue weighted by Gasteiger charge is -2.37. The van der Waals surface area contributed by atoms with Gasteiger partial charge < -0.3 is 0 Å². The van der Waals surface area contributed by atoms with E-state index in [9.17, 15) is 0 Å². The molecule has 2 atom stereocenters. The van der Waals surface area contributed by atoms with E-state index < -0.39 is 8.07 Å². The first-order valence-corrected chi connectivity index (χ1v) is 11.0. The third-order valence-electron chi connectivity index (χ3n) is 6.11. The van der Waals surface area contributed by atoms with E-state index in [1.54, 1.807) is 32.7 Å². The van der Waals surface area contributed by atoms with Crippen molar-refractivity contribution in [3.8, 4) is 0 Å². The van der Waals surface area contributed by atoms with Crippen LogP contribution in [0, 0.1) is 11.8 Å². The predicted molar refractivity (Wildman–Crippen MR) is 98.0 cm³/mol. The highest BCUT2D eigenvalue weighted by Gasteiger charge is 2.44. The van der Waals surface area contributed by atoms with Gasteiger partial charge in [0.25, 0.3) is 0 Å². The molecule has 2 aliphatic carbocycles. The van der Waals surface area contributed by atoms with Gasteiger partial charge in [0, 0.05) is 0 Å². The zero-order valence-corrected chi connectivity index (χ0v) is 16.2. The fourth-order valence-corrected chi connectivity index (χ4v) is 10.6. The molecule has 0 aromatic carbocycles. The predicted octanol–water partition coefficient (Wildman–Crippen LogP) is 6.38. The van der Waals surface area contributed by atoms with Crippen molar-refractivity contribution in [2.75, 3.05) is 0 Å². The summed E-state index contributed by atoms with van der Waals surface area (Å²) in [6.07, 6.45) is 4.98. The molecule has 21 heavy (non-hydrogen) atoms. The van der Waals surface area contributed by atoms with Crippen molar-refractivity contribution in [2.45, 2.75) is 67.5 Å². The van der Waals surface area contributed by atoms with Crippen LogP contribution in [0.2, 0.25) is 12.1 Å². The number of hydrogen-bond acceptors (Lipinski definition) is 0. The minimum absolute atomic E-state index is 0.633. The third kappa shape index (κ3) is 2.34. The van der Waals surface area contributed by atoms with E-state index in [2.05, 4.69) is 67.5 Å². The smallest absolute Gasteiger partial charge is 0.0748 e. The van der Waals surface area contributed by atoms with Crippen molar-refractivity contribution in [2.24, 2.45) is 11.8 Å². The summed E-state index contributed by atoms with van der Waals surface area (Å²) in [5, 5.41) is 3.55. The minimum atomic E-state index is -1.59. The molecule has 0 N–H and O–H groups in total. The van der Waals surface area contributed by atoms with Crippen LogP contribution in [0.15, 0.2) is 44.8 Å². The van der Waals surface area contributed by atoms with Crippen molar-refractivity contribution in [3.05, 3.63) is 44.8 Å². The van der Waals surface area contributed by atoms with Crippen LogP contribution >= 0.6 is 0 Å². The van der Waals surface area contributed by atoms with Crippen LogP contribution in [-0.4, -0.2) is 8.07 Å². The Hall–Kier alpha value is -0.823. The first kappa shape index (κ1) is 16.5. The van der Waals surface area contributed by atoms with Crippen LogP contribution in [0.4, 0.5) is 0 Å². The summed E-state index contributed by atoms with van der Waals surface area (Å²) in [5.41, 5.74) is 6.44. The fourth-order valence-electron chi connectivity index (χ4n) is 4.84. The summed E-state index contributed by atoms with van der Waals surface area (Å²) < 4.78 is 0. The van der Waals surface area contributed by atoms with Crippen LogP contribution in [0.3, 0.4) is 0 Å². The Kier molecular flexibility index (Phi) is 4.54. The second-order valence-electron chi connectivity index (χ2n) is 7.18. The molecule has 0 aromatic heterocycles. The monoisotopic (exact) mass is 300 g/mol. The van der Waals surface area contributed by atoms with Crippen molar-refractivity contribution in [1.82, 2.24) is 0 Å². The van der Waals surface area contributed by atoms with E-state index >= 15 is 0 Å². The summed E-state index contributed by atoms with van der Waals surface area (Å²) in [4.78, 5) is 0. The van der Waals surface area contributed by atoms with Gasteiger partial charge in [0.15, 0.2) is 0 Å². The van der Waals surface area contributed by atoms with Crippen LogP contribution in [-0.2, 0) is 0 Å². The standard InChI is InChI=1S/C20H32Si/c1-9-21(10-2,19-15(5)11-13(3)17(19)7)20-16(6)12-14(4)18(20)8/h11-14H,9-10H2,1-8H3. The molecule has 0 nitrogen and oxygen atoms in total. The number of allylic oxidation sites excluding steroid dienone is 8. The maximum absolute atomic E-state index is 2.49. The second-order valence-corrected chi connectivity index (χ2v) is 11.8. The Morgan fingerprint density at radius 3 is 1.29 bits per heavy atom. The molecule has 0 amide bonds. The molecule has 116 valence electrons. The Balaban J connectivity index is 2.70. The van der Waals surface area contributed by atoms with Crippen LogP contribution in [0.5, 0.6) is 0 Å². The molecular formula is C20H32Si. The quantitative estimate of drug-likeness (QED) is 0.528. The topological polar surface area (TPSA) is 0 Å². The summed E-state index contributed by atoms with van der Waals surface area (Å²) in [6.45, 7) is 19.0. The molecule has 0 heterocycles. The Labute approximate surface area is 132 Å². The molecule has 0 saturated heterocycles. The maximum Gasteiger partial charge on any atom is 0.118 e. The number of hydrogen-bond donors (Lipinski definition) is 0. The molecule has 0 aromatic rings. The van der Waals surface area contributed by atoms with E-state index in [1.165, 1.54) is 12.1 Å². The van der Waals surface area contributed by atoms with Crippen molar-refractivity contribution in [1.29, 1.82) is 0 Å². The first-order valence-electron chi connectivity index (χ1n) is 8.60. The molecular weight excluding hydrogens is 268 g/mol. The maximum atomic E-state index is 2.49. The normalized spacial score (nSPS) is 26.7. The molecule has 2 rings (SSSR count). The van der Waals surface area contributed by atoms with Gasteiger partial charge in [-0.15, -0.1) is 0 Å². The number of rotatable bonds is 4. The fraction of sp³-hybridized carbons (Fsp3) is 0.600. The zero-order chi connectivity index (χ0) is 15.9. The minimum Gasteiger partial charge on any atom is -0.0748 e. The van der Waals surface area contributed by atoms with E-state index in [1.807, 2.05) is 0 Å². The largest absolute Gasteiger partial charge is 0.118 e. The highest BCUT2D eigenvalue weighted by molar-refractivity contribution is 6.94. The van der Waals surface area contributed by atoms with Crippen LogP contribution < -0.4 is 0 Å². The molecule has 0 aliphatic heterocycles. The van der Waals surface area contributed by atoms with E-state index in [-0.39, 0.29) is 0 Å². The van der Waals surface area contributed by atoms with Crippen molar-refractivity contribution < 1.29 is 0 Å².